The van der Waals surface area contributed by atoms with Crippen LogP contribution < -0.4 is 5.32 Å². The van der Waals surface area contributed by atoms with E-state index >= 15 is 0 Å². The zero-order valence-electron chi connectivity index (χ0n) is 29.2. The fourth-order valence-corrected chi connectivity index (χ4v) is 8.99. The molecule has 248 valence electrons. The van der Waals surface area contributed by atoms with E-state index < -0.39 is 5.60 Å². The van der Waals surface area contributed by atoms with Crippen LogP contribution in [-0.4, -0.2) is 36.0 Å². The van der Waals surface area contributed by atoms with Crippen LogP contribution in [0.1, 0.15) is 105 Å². The summed E-state index contributed by atoms with van der Waals surface area (Å²) in [5, 5.41) is 3.22. The second kappa shape index (κ2) is 16.1. The highest BCUT2D eigenvalue weighted by molar-refractivity contribution is 9.11. The first-order valence-electron chi connectivity index (χ1n) is 17.2. The maximum atomic E-state index is 12.8. The minimum absolute atomic E-state index is 0.306. The third-order valence-corrected chi connectivity index (χ3v) is 11.6. The monoisotopic (exact) mass is 705 g/mol. The van der Waals surface area contributed by atoms with Crippen molar-refractivity contribution in [2.45, 2.75) is 105 Å². The summed E-state index contributed by atoms with van der Waals surface area (Å²) in [6.45, 7) is 14.7. The largest absolute Gasteiger partial charge is 0.444 e. The maximum absolute atomic E-state index is 12.8. The summed E-state index contributed by atoms with van der Waals surface area (Å²) in [7, 11) is -0.342. The highest BCUT2D eigenvalue weighted by atomic mass is 79.9. The number of carbonyl (C=O) groups excluding carboxylic acids is 1. The Hall–Kier alpha value is -2.49. The highest BCUT2D eigenvalue weighted by Crippen LogP contribution is 2.42. The summed E-state index contributed by atoms with van der Waals surface area (Å²) in [5.74, 6) is 1.37. The molecule has 1 fully saturated rings. The standard InChI is InChI=1S/C40H54BrN2O2P/c1-9-30-23-35(25-33(29(4)41)27-46(8)26-28(2)3)42-37(36(24-30)31-15-12-10-11-13-16-31)32-17-19-34(20-18-32)40(21-14-22-40)43-38(44)45-39(5,6)7/h10-12,15,17-20,24-25,28,30-31H,8-9,13-14,16,21-23,26-27H2,1-7H3/p+1. The third-order valence-electron chi connectivity index (χ3n) is 9.03. The molecule has 3 atom stereocenters. The molecule has 0 spiro atoms. The lowest BCUT2D eigenvalue weighted by molar-refractivity contribution is 0.0377. The van der Waals surface area contributed by atoms with E-state index in [0.29, 0.717) is 17.8 Å². The predicted octanol–water partition coefficient (Wildman–Crippen LogP) is 11.4. The van der Waals surface area contributed by atoms with Crippen molar-refractivity contribution in [3.05, 3.63) is 93.2 Å². The molecule has 1 aliphatic heterocycles. The number of benzene rings is 1. The minimum Gasteiger partial charge on any atom is -0.444 e. The van der Waals surface area contributed by atoms with Gasteiger partial charge in [-0.05, 0) is 106 Å². The summed E-state index contributed by atoms with van der Waals surface area (Å²) < 4.78 is 6.81. The smallest absolute Gasteiger partial charge is 0.408 e. The lowest BCUT2D eigenvalue weighted by atomic mass is 9.71. The van der Waals surface area contributed by atoms with E-state index in [0.717, 1.165) is 73.6 Å². The quantitative estimate of drug-likeness (QED) is 0.246. The average molecular weight is 707 g/mol. The fourth-order valence-electron chi connectivity index (χ4n) is 6.54. The Bertz CT molecular complexity index is 1440. The van der Waals surface area contributed by atoms with E-state index in [1.807, 2.05) is 20.8 Å². The fraction of sp³-hybridized carbons (Fsp3) is 0.525. The van der Waals surface area contributed by atoms with Gasteiger partial charge in [-0.25, -0.2) is 4.79 Å². The summed E-state index contributed by atoms with van der Waals surface area (Å²) in [4.78, 5) is 18.3. The van der Waals surface area contributed by atoms with Crippen molar-refractivity contribution in [3.8, 4) is 0 Å². The van der Waals surface area contributed by atoms with Crippen LogP contribution in [0.15, 0.2) is 87.0 Å². The summed E-state index contributed by atoms with van der Waals surface area (Å²) in [6, 6.07) is 8.81. The molecule has 0 radical (unpaired) electrons. The van der Waals surface area contributed by atoms with Gasteiger partial charge < -0.3 is 10.1 Å². The summed E-state index contributed by atoms with van der Waals surface area (Å²) in [5.41, 5.74) is 6.18. The molecule has 3 aliphatic rings. The summed E-state index contributed by atoms with van der Waals surface area (Å²) in [6.07, 6.45) is 27.2. The van der Waals surface area contributed by atoms with Gasteiger partial charge in [0.05, 0.1) is 25.1 Å². The molecule has 46 heavy (non-hydrogen) atoms. The molecule has 2 aliphatic carbocycles. The first kappa shape index (κ1) is 36.3. The van der Waals surface area contributed by atoms with Gasteiger partial charge in [0.15, 0.2) is 0 Å². The number of halogens is 1. The van der Waals surface area contributed by atoms with Gasteiger partial charge in [-0.15, -0.1) is 0 Å². The van der Waals surface area contributed by atoms with Crippen molar-refractivity contribution < 1.29 is 9.53 Å². The molecule has 1 heterocycles. The van der Waals surface area contributed by atoms with E-state index in [1.165, 1.54) is 21.8 Å². The van der Waals surface area contributed by atoms with Crippen LogP contribution in [0.5, 0.6) is 0 Å². The second-order valence-corrected chi connectivity index (χ2v) is 17.9. The molecule has 1 saturated carbocycles. The van der Waals surface area contributed by atoms with E-state index in [9.17, 15) is 4.79 Å². The topological polar surface area (TPSA) is 50.7 Å². The number of aliphatic imine (C=N–C) groups is 1. The van der Waals surface area contributed by atoms with Gasteiger partial charge in [-0.3, -0.25) is 4.99 Å². The number of allylic oxidation sites excluding steroid dienone is 10. The molecule has 6 heteroatoms. The van der Waals surface area contributed by atoms with Crippen LogP contribution in [0.25, 0.3) is 0 Å². The van der Waals surface area contributed by atoms with E-state index in [1.54, 1.807) is 0 Å². The van der Waals surface area contributed by atoms with Crippen LogP contribution in [-0.2, 0) is 10.3 Å². The summed E-state index contributed by atoms with van der Waals surface area (Å²) >= 11 is 3.83. The van der Waals surface area contributed by atoms with Gasteiger partial charge in [0.1, 0.15) is 17.9 Å². The Morgan fingerprint density at radius 3 is 2.52 bits per heavy atom. The molecular weight excluding hydrogens is 651 g/mol. The molecule has 0 saturated heterocycles. The van der Waals surface area contributed by atoms with Crippen molar-refractivity contribution in [1.82, 2.24) is 5.32 Å². The number of nitrogens with zero attached hydrogens (tertiary/aromatic N) is 1. The number of amides is 1. The number of nitrogens with one attached hydrogen (secondary N) is 1. The highest BCUT2D eigenvalue weighted by Gasteiger charge is 2.41. The van der Waals surface area contributed by atoms with Crippen molar-refractivity contribution in [1.29, 1.82) is 0 Å². The molecule has 4 rings (SSSR count). The van der Waals surface area contributed by atoms with Gasteiger partial charge in [0, 0.05) is 22.8 Å². The Morgan fingerprint density at radius 1 is 1.22 bits per heavy atom. The van der Waals surface area contributed by atoms with Crippen LogP contribution in [0, 0.1) is 17.8 Å². The first-order chi connectivity index (χ1) is 21.8. The van der Waals surface area contributed by atoms with Crippen molar-refractivity contribution in [3.63, 3.8) is 0 Å². The molecule has 1 aromatic carbocycles. The number of hydrogen-bond donors (Lipinski definition) is 1. The van der Waals surface area contributed by atoms with Crippen LogP contribution in [0.4, 0.5) is 4.79 Å². The molecule has 1 aromatic rings. The van der Waals surface area contributed by atoms with Gasteiger partial charge in [0.25, 0.3) is 0 Å². The molecule has 1 amide bonds. The van der Waals surface area contributed by atoms with E-state index in [2.05, 4.69) is 116 Å². The predicted molar refractivity (Wildman–Crippen MR) is 204 cm³/mol. The Morgan fingerprint density at radius 2 is 1.93 bits per heavy atom. The molecule has 0 bridgehead atoms. The first-order valence-corrected chi connectivity index (χ1v) is 19.8. The number of alkyl carbamates (subject to hydrolysis) is 1. The molecule has 1 N–H and O–H groups in total. The molecular formula is C40H55BrN2O2P+. The van der Waals surface area contributed by atoms with E-state index in [4.69, 9.17) is 9.73 Å². The average Bonchev–Trinajstić information content (AvgIpc) is 3.33. The third kappa shape index (κ3) is 10.0. The molecule has 0 aromatic heterocycles. The van der Waals surface area contributed by atoms with Crippen molar-refractivity contribution >= 4 is 41.6 Å². The lowest BCUT2D eigenvalue weighted by Crippen LogP contribution is -2.52. The van der Waals surface area contributed by atoms with Crippen molar-refractivity contribution in [2.75, 3.05) is 12.3 Å². The number of rotatable bonds is 10. The zero-order chi connectivity index (χ0) is 33.5. The van der Waals surface area contributed by atoms with Crippen LogP contribution in [0.2, 0.25) is 0 Å². The van der Waals surface area contributed by atoms with Gasteiger partial charge in [0.2, 0.25) is 0 Å². The number of carbonyl (C=O) groups is 1. The Balaban J connectivity index is 1.75. The van der Waals surface area contributed by atoms with Crippen molar-refractivity contribution in [2.24, 2.45) is 22.7 Å². The van der Waals surface area contributed by atoms with E-state index in [-0.39, 0.29) is 19.2 Å². The SMILES string of the molecule is C=[P+](CC(C=C1CC(CC)C=C(C2C=CC=CCC2)C(c2ccc(C3(NC(=O)OC(C)(C)C)CCC3)cc2)=N1)=C(C)Br)CC(C)C. The second-order valence-electron chi connectivity index (χ2n) is 14.7. The minimum atomic E-state index is -0.533. The maximum Gasteiger partial charge on any atom is 0.408 e. The zero-order valence-corrected chi connectivity index (χ0v) is 31.6. The van der Waals surface area contributed by atoms with Gasteiger partial charge in [-0.2, -0.15) is 0 Å². The Labute approximate surface area is 288 Å². The number of ether oxygens (including phenoxy) is 1. The van der Waals surface area contributed by atoms with Gasteiger partial charge >= 0.3 is 6.09 Å². The van der Waals surface area contributed by atoms with Gasteiger partial charge in [-0.1, -0.05) is 91.3 Å². The molecule has 3 unspecified atom stereocenters. The van der Waals surface area contributed by atoms with Crippen LogP contribution >= 0.6 is 23.5 Å². The normalized spacial score (nSPS) is 23.1. The van der Waals surface area contributed by atoms with Crippen LogP contribution in [0.3, 0.4) is 0 Å². The lowest BCUT2D eigenvalue weighted by Gasteiger charge is -2.43. The number of hydrogen-bond acceptors (Lipinski definition) is 3. The Kier molecular flexibility index (Phi) is 12.7. The molecule has 4 nitrogen and oxygen atoms in total.